The Bertz CT molecular complexity index is 2900. The molecule has 0 radical (unpaired) electrons. The van der Waals surface area contributed by atoms with E-state index < -0.39 is 5.41 Å². The smallest absolute Gasteiger partial charge is 0.0713 e. The number of benzene rings is 9. The Labute approximate surface area is 353 Å². The molecule has 0 aromatic heterocycles. The molecule has 0 N–H and O–H groups in total. The molecule has 2 heteroatoms. The van der Waals surface area contributed by atoms with Crippen molar-refractivity contribution in [3.05, 3.63) is 264 Å². The maximum Gasteiger partial charge on any atom is 0.0713 e. The molecule has 2 aliphatic carbocycles. The van der Waals surface area contributed by atoms with Crippen molar-refractivity contribution in [1.29, 1.82) is 0 Å². The van der Waals surface area contributed by atoms with Crippen molar-refractivity contribution in [1.82, 2.24) is 0 Å². The van der Waals surface area contributed by atoms with Gasteiger partial charge in [-0.3, -0.25) is 0 Å². The SMILES string of the molecule is CC1(C)c2ccccc2-c2ccc(N(c3ccccc3)c3ccc(C4(c5ccc(N(c6ccccc6)c6ccccc6)cc5)c5ccccc5-c5ccccc54)cc3)cc21. The van der Waals surface area contributed by atoms with Gasteiger partial charge < -0.3 is 9.80 Å². The van der Waals surface area contributed by atoms with Crippen LogP contribution in [0, 0.1) is 0 Å². The lowest BCUT2D eigenvalue weighted by Crippen LogP contribution is -2.28. The first-order chi connectivity index (χ1) is 29.5. The number of para-hydroxylation sites is 3. The van der Waals surface area contributed by atoms with E-state index in [1.807, 2.05) is 0 Å². The van der Waals surface area contributed by atoms with E-state index >= 15 is 0 Å². The van der Waals surface area contributed by atoms with Gasteiger partial charge in [0.1, 0.15) is 0 Å². The molecule has 9 aromatic rings. The van der Waals surface area contributed by atoms with Crippen LogP contribution < -0.4 is 9.80 Å². The third-order valence-electron chi connectivity index (χ3n) is 12.9. The molecule has 0 saturated heterocycles. The van der Waals surface area contributed by atoms with Gasteiger partial charge in [-0.1, -0.05) is 172 Å². The van der Waals surface area contributed by atoms with Gasteiger partial charge in [-0.25, -0.2) is 0 Å². The van der Waals surface area contributed by atoms with Crippen LogP contribution in [0.5, 0.6) is 0 Å². The van der Waals surface area contributed by atoms with Crippen molar-refractivity contribution < 1.29 is 0 Å². The van der Waals surface area contributed by atoms with E-state index in [1.54, 1.807) is 0 Å². The van der Waals surface area contributed by atoms with Gasteiger partial charge in [0.2, 0.25) is 0 Å². The van der Waals surface area contributed by atoms with E-state index in [4.69, 9.17) is 0 Å². The number of hydrogen-bond acceptors (Lipinski definition) is 2. The second kappa shape index (κ2) is 14.1. The number of fused-ring (bicyclic) bond motifs is 6. The van der Waals surface area contributed by atoms with Crippen molar-refractivity contribution >= 4 is 34.1 Å². The van der Waals surface area contributed by atoms with Crippen LogP contribution in [-0.4, -0.2) is 0 Å². The largest absolute Gasteiger partial charge is 0.311 e. The molecule has 0 unspecified atom stereocenters. The molecule has 0 saturated carbocycles. The summed E-state index contributed by atoms with van der Waals surface area (Å²) < 4.78 is 0. The van der Waals surface area contributed by atoms with E-state index in [9.17, 15) is 0 Å². The predicted molar refractivity (Wildman–Crippen MR) is 251 cm³/mol. The van der Waals surface area contributed by atoms with Gasteiger partial charge in [-0.05, 0) is 128 Å². The Hall–Kier alpha value is -7.42. The zero-order valence-corrected chi connectivity index (χ0v) is 33.8. The predicted octanol–water partition coefficient (Wildman–Crippen LogP) is 15.3. The molecule has 11 rings (SSSR count). The number of hydrogen-bond donors (Lipinski definition) is 0. The fraction of sp³-hybridized carbons (Fsp3) is 0.0690. The van der Waals surface area contributed by atoms with E-state index in [1.165, 1.54) is 55.6 Å². The molecule has 0 spiro atoms. The van der Waals surface area contributed by atoms with Crippen LogP contribution >= 0.6 is 0 Å². The minimum Gasteiger partial charge on any atom is -0.311 e. The molecule has 0 bridgehead atoms. The van der Waals surface area contributed by atoms with Crippen molar-refractivity contribution in [2.45, 2.75) is 24.7 Å². The third-order valence-corrected chi connectivity index (χ3v) is 12.9. The minimum absolute atomic E-state index is 0.0987. The third kappa shape index (κ3) is 5.48. The molecule has 0 atom stereocenters. The van der Waals surface area contributed by atoms with Crippen molar-refractivity contribution in [3.63, 3.8) is 0 Å². The Morgan fingerprint density at radius 3 is 1.03 bits per heavy atom. The molecular formula is C58H44N2. The van der Waals surface area contributed by atoms with E-state index in [2.05, 4.69) is 254 Å². The Balaban J connectivity index is 1.06. The second-order valence-electron chi connectivity index (χ2n) is 16.5. The van der Waals surface area contributed by atoms with Crippen LogP contribution in [0.1, 0.15) is 47.2 Å². The summed E-state index contributed by atoms with van der Waals surface area (Å²) in [4.78, 5) is 4.74. The summed E-state index contributed by atoms with van der Waals surface area (Å²) in [5.41, 5.74) is 19.2. The first-order valence-electron chi connectivity index (χ1n) is 20.9. The lowest BCUT2D eigenvalue weighted by Gasteiger charge is -2.35. The summed E-state index contributed by atoms with van der Waals surface area (Å²) in [7, 11) is 0. The summed E-state index contributed by atoms with van der Waals surface area (Å²) >= 11 is 0. The van der Waals surface area contributed by atoms with Crippen LogP contribution in [0.15, 0.2) is 231 Å². The van der Waals surface area contributed by atoms with Gasteiger partial charge in [0.25, 0.3) is 0 Å². The number of anilines is 6. The van der Waals surface area contributed by atoms with Gasteiger partial charge in [0.15, 0.2) is 0 Å². The molecule has 0 amide bonds. The molecule has 9 aromatic carbocycles. The topological polar surface area (TPSA) is 6.48 Å². The summed E-state index contributed by atoms with van der Waals surface area (Å²) in [6.07, 6.45) is 0. The van der Waals surface area contributed by atoms with E-state index in [0.29, 0.717) is 0 Å². The molecule has 0 fully saturated rings. The molecule has 0 aliphatic heterocycles. The summed E-state index contributed by atoms with van der Waals surface area (Å²) in [5, 5.41) is 0. The van der Waals surface area contributed by atoms with Crippen LogP contribution in [0.2, 0.25) is 0 Å². The average molecular weight is 769 g/mol. The maximum absolute atomic E-state index is 2.41. The first kappa shape index (κ1) is 35.7. The average Bonchev–Trinajstić information content (AvgIpc) is 3.74. The highest BCUT2D eigenvalue weighted by molar-refractivity contribution is 5.88. The van der Waals surface area contributed by atoms with Crippen LogP contribution in [-0.2, 0) is 10.8 Å². The van der Waals surface area contributed by atoms with Gasteiger partial charge in [0, 0.05) is 39.5 Å². The van der Waals surface area contributed by atoms with Crippen LogP contribution in [0.25, 0.3) is 22.3 Å². The summed E-state index contributed by atoms with van der Waals surface area (Å²) in [5.74, 6) is 0. The zero-order valence-electron chi connectivity index (χ0n) is 33.8. The zero-order chi connectivity index (χ0) is 40.3. The van der Waals surface area contributed by atoms with Gasteiger partial charge in [-0.15, -0.1) is 0 Å². The lowest BCUT2D eigenvalue weighted by molar-refractivity contribution is 0.660. The highest BCUT2D eigenvalue weighted by Crippen LogP contribution is 2.57. The van der Waals surface area contributed by atoms with E-state index in [0.717, 1.165) is 34.1 Å². The normalized spacial score (nSPS) is 13.8. The van der Waals surface area contributed by atoms with Crippen LogP contribution in [0.4, 0.5) is 34.1 Å². The van der Waals surface area contributed by atoms with Crippen LogP contribution in [0.3, 0.4) is 0 Å². The molecule has 2 aliphatic rings. The van der Waals surface area contributed by atoms with Gasteiger partial charge in [0.05, 0.1) is 5.41 Å². The van der Waals surface area contributed by atoms with Crippen molar-refractivity contribution in [2.24, 2.45) is 0 Å². The monoisotopic (exact) mass is 768 g/mol. The molecule has 286 valence electrons. The highest BCUT2D eigenvalue weighted by atomic mass is 15.1. The first-order valence-corrected chi connectivity index (χ1v) is 20.9. The standard InChI is InChI=1S/C58H44N2/c1-57(2)53-27-15-12-24-49(53)52-39-38-48(40-56(52)57)60(45-22-10-5-11-23-45)47-36-32-42(33-37-47)58(54-28-16-13-25-50(54)51-26-14-17-29-55(51)58)41-30-34-46(35-31-41)59(43-18-6-3-7-19-43)44-20-8-4-9-21-44/h3-40H,1-2H3. The molecule has 60 heavy (non-hydrogen) atoms. The number of nitrogens with zero attached hydrogens (tertiary/aromatic N) is 2. The lowest BCUT2D eigenvalue weighted by atomic mass is 9.67. The van der Waals surface area contributed by atoms with Crippen molar-refractivity contribution in [2.75, 3.05) is 9.80 Å². The molecule has 2 nitrogen and oxygen atoms in total. The minimum atomic E-state index is -0.532. The summed E-state index contributed by atoms with van der Waals surface area (Å²) in [6.45, 7) is 4.71. The maximum atomic E-state index is 2.41. The summed E-state index contributed by atoms with van der Waals surface area (Å²) in [6, 6.07) is 84.6. The Kier molecular flexibility index (Phi) is 8.42. The second-order valence-corrected chi connectivity index (χ2v) is 16.5. The number of rotatable bonds is 8. The fourth-order valence-corrected chi connectivity index (χ4v) is 10.2. The van der Waals surface area contributed by atoms with Crippen molar-refractivity contribution in [3.8, 4) is 22.3 Å². The molecular weight excluding hydrogens is 725 g/mol. The Morgan fingerprint density at radius 1 is 0.267 bits per heavy atom. The van der Waals surface area contributed by atoms with Gasteiger partial charge in [-0.2, -0.15) is 0 Å². The fourth-order valence-electron chi connectivity index (χ4n) is 10.2. The highest BCUT2D eigenvalue weighted by Gasteiger charge is 2.46. The molecule has 0 heterocycles. The van der Waals surface area contributed by atoms with Gasteiger partial charge >= 0.3 is 0 Å². The quantitative estimate of drug-likeness (QED) is 0.152. The Morgan fingerprint density at radius 2 is 0.583 bits per heavy atom. The van der Waals surface area contributed by atoms with E-state index in [-0.39, 0.29) is 5.41 Å².